The summed E-state index contributed by atoms with van der Waals surface area (Å²) in [5.41, 5.74) is 1.79. The Morgan fingerprint density at radius 3 is 1.77 bits per heavy atom. The summed E-state index contributed by atoms with van der Waals surface area (Å²) in [7, 11) is -1.89. The first-order chi connectivity index (χ1) is 14.7. The minimum Gasteiger partial charge on any atom is -0.369 e. The molecule has 1 saturated heterocycles. The molecular weight excluding hydrogens is 423 g/mol. The molecule has 0 bridgehead atoms. The summed E-state index contributed by atoms with van der Waals surface area (Å²) in [6.07, 6.45) is 0. The molecule has 2 amide bonds. The van der Waals surface area contributed by atoms with E-state index < -0.39 is 39.0 Å². The van der Waals surface area contributed by atoms with Crippen molar-refractivity contribution in [1.29, 1.82) is 0 Å². The molecule has 2 N–H and O–H groups in total. The maximum atomic E-state index is 12.9. The van der Waals surface area contributed by atoms with E-state index in [1.54, 1.807) is 12.1 Å². The molecular formula is C21H25FN4O4S. The fourth-order valence-corrected chi connectivity index (χ4v) is 4.24. The molecule has 0 radical (unpaired) electrons. The Morgan fingerprint density at radius 2 is 1.29 bits per heavy atom. The standard InChI is InChI=1S/C21H25FN4O4S/c1-25-10-12-26(13-11-25)19-8-6-18(7-9-19)24-21(28)15-31(29,30)14-20(27)23-17-4-2-16(22)3-5-17/h2-9H,10-15H2,1H3,(H,23,27)(H,24,28). The van der Waals surface area contributed by atoms with Crippen molar-refractivity contribution in [3.8, 4) is 0 Å². The molecule has 3 rings (SSSR count). The average molecular weight is 449 g/mol. The largest absolute Gasteiger partial charge is 0.369 e. The summed E-state index contributed by atoms with van der Waals surface area (Å²) in [5.74, 6) is -3.65. The predicted octanol–water partition coefficient (Wildman–Crippen LogP) is 1.57. The Kier molecular flexibility index (Phi) is 7.24. The topological polar surface area (TPSA) is 98.8 Å². The van der Waals surface area contributed by atoms with Crippen LogP contribution in [-0.2, 0) is 19.4 Å². The van der Waals surface area contributed by atoms with Crippen LogP contribution in [0.25, 0.3) is 0 Å². The molecule has 0 atom stereocenters. The first kappa shape index (κ1) is 22.7. The summed E-state index contributed by atoms with van der Waals surface area (Å²) in [5, 5.41) is 4.91. The maximum absolute atomic E-state index is 12.9. The third-order valence-electron chi connectivity index (χ3n) is 4.85. The lowest BCUT2D eigenvalue weighted by atomic mass is 10.2. The number of rotatable bonds is 7. The molecule has 8 nitrogen and oxygen atoms in total. The number of benzene rings is 2. The number of amides is 2. The monoisotopic (exact) mass is 448 g/mol. The van der Waals surface area contributed by atoms with Gasteiger partial charge in [-0.25, -0.2) is 12.8 Å². The maximum Gasteiger partial charge on any atom is 0.239 e. The summed E-state index contributed by atoms with van der Waals surface area (Å²) in [6, 6.07) is 12.1. The van der Waals surface area contributed by atoms with E-state index >= 15 is 0 Å². The van der Waals surface area contributed by atoms with Gasteiger partial charge in [0.05, 0.1) is 0 Å². The fraction of sp³-hybridized carbons (Fsp3) is 0.333. The summed E-state index contributed by atoms with van der Waals surface area (Å²) in [6.45, 7) is 3.79. The van der Waals surface area contributed by atoms with Crippen molar-refractivity contribution in [1.82, 2.24) is 4.90 Å². The summed E-state index contributed by atoms with van der Waals surface area (Å²) >= 11 is 0. The van der Waals surface area contributed by atoms with Crippen molar-refractivity contribution >= 4 is 38.7 Å². The zero-order chi connectivity index (χ0) is 22.4. The van der Waals surface area contributed by atoms with Gasteiger partial charge in [0, 0.05) is 43.2 Å². The highest BCUT2D eigenvalue weighted by Gasteiger charge is 2.21. The zero-order valence-electron chi connectivity index (χ0n) is 17.2. The second-order valence-corrected chi connectivity index (χ2v) is 9.54. The van der Waals surface area contributed by atoms with Gasteiger partial charge in [0.15, 0.2) is 9.84 Å². The van der Waals surface area contributed by atoms with Crippen molar-refractivity contribution in [2.45, 2.75) is 0 Å². The molecule has 1 aliphatic heterocycles. The molecule has 0 unspecified atom stereocenters. The molecule has 2 aromatic rings. The third-order valence-corrected chi connectivity index (χ3v) is 6.25. The number of nitrogens with one attached hydrogen (secondary N) is 2. The van der Waals surface area contributed by atoms with Gasteiger partial charge < -0.3 is 20.4 Å². The van der Waals surface area contributed by atoms with Crippen molar-refractivity contribution in [3.05, 3.63) is 54.3 Å². The van der Waals surface area contributed by atoms with Crippen molar-refractivity contribution in [2.24, 2.45) is 0 Å². The van der Waals surface area contributed by atoms with Crippen LogP contribution in [0, 0.1) is 5.82 Å². The minimum atomic E-state index is -3.97. The van der Waals surface area contributed by atoms with Gasteiger partial charge in [0.1, 0.15) is 17.3 Å². The Labute approximate surface area is 181 Å². The van der Waals surface area contributed by atoms with Gasteiger partial charge in [0.2, 0.25) is 11.8 Å². The Hall–Kier alpha value is -2.98. The number of carbonyl (C=O) groups is 2. The first-order valence-electron chi connectivity index (χ1n) is 9.79. The van der Waals surface area contributed by atoms with Crippen molar-refractivity contribution in [3.63, 3.8) is 0 Å². The predicted molar refractivity (Wildman–Crippen MR) is 118 cm³/mol. The van der Waals surface area contributed by atoms with Gasteiger partial charge in [-0.05, 0) is 55.6 Å². The lowest BCUT2D eigenvalue weighted by Crippen LogP contribution is -2.44. The van der Waals surface area contributed by atoms with E-state index in [-0.39, 0.29) is 5.69 Å². The minimum absolute atomic E-state index is 0.270. The van der Waals surface area contributed by atoms with Gasteiger partial charge in [0.25, 0.3) is 0 Å². The van der Waals surface area contributed by atoms with Crippen LogP contribution in [-0.4, -0.2) is 69.9 Å². The van der Waals surface area contributed by atoms with Gasteiger partial charge in [-0.1, -0.05) is 0 Å². The highest BCUT2D eigenvalue weighted by atomic mass is 32.2. The van der Waals surface area contributed by atoms with Crippen LogP contribution in [0.5, 0.6) is 0 Å². The Bertz CT molecular complexity index is 1020. The van der Waals surface area contributed by atoms with Crippen molar-refractivity contribution in [2.75, 3.05) is 60.3 Å². The summed E-state index contributed by atoms with van der Waals surface area (Å²) < 4.78 is 37.3. The van der Waals surface area contributed by atoms with Crippen LogP contribution in [0.15, 0.2) is 48.5 Å². The SMILES string of the molecule is CN1CCN(c2ccc(NC(=O)CS(=O)(=O)CC(=O)Nc3ccc(F)cc3)cc2)CC1. The number of nitrogens with zero attached hydrogens (tertiary/aromatic N) is 2. The molecule has 2 aromatic carbocycles. The molecule has 1 fully saturated rings. The number of piperazine rings is 1. The fourth-order valence-electron chi connectivity index (χ4n) is 3.20. The summed E-state index contributed by atoms with van der Waals surface area (Å²) in [4.78, 5) is 28.6. The normalized spacial score (nSPS) is 14.8. The zero-order valence-corrected chi connectivity index (χ0v) is 18.0. The number of halogens is 1. The van der Waals surface area contributed by atoms with E-state index in [1.165, 1.54) is 12.1 Å². The number of sulfone groups is 1. The quantitative estimate of drug-likeness (QED) is 0.667. The smallest absolute Gasteiger partial charge is 0.239 e. The van der Waals surface area contributed by atoms with Crippen LogP contribution in [0.2, 0.25) is 0 Å². The number of hydrogen-bond donors (Lipinski definition) is 2. The van der Waals surface area contributed by atoms with Crippen LogP contribution < -0.4 is 15.5 Å². The first-order valence-corrected chi connectivity index (χ1v) is 11.6. The molecule has 0 saturated carbocycles. The molecule has 0 aliphatic carbocycles. The van der Waals surface area contributed by atoms with Gasteiger partial charge in [-0.3, -0.25) is 9.59 Å². The van der Waals surface area contributed by atoms with Gasteiger partial charge in [-0.2, -0.15) is 0 Å². The molecule has 31 heavy (non-hydrogen) atoms. The van der Waals surface area contributed by atoms with E-state index in [0.717, 1.165) is 44.0 Å². The number of hydrogen-bond acceptors (Lipinski definition) is 6. The Morgan fingerprint density at radius 1 is 0.839 bits per heavy atom. The number of carbonyl (C=O) groups excluding carboxylic acids is 2. The molecule has 166 valence electrons. The molecule has 0 aromatic heterocycles. The van der Waals surface area contributed by atoms with E-state index in [2.05, 4.69) is 27.5 Å². The van der Waals surface area contributed by atoms with Crippen LogP contribution in [0.3, 0.4) is 0 Å². The second-order valence-electron chi connectivity index (χ2n) is 7.47. The van der Waals surface area contributed by atoms with E-state index in [0.29, 0.717) is 5.69 Å². The average Bonchev–Trinajstić information content (AvgIpc) is 2.70. The van der Waals surface area contributed by atoms with Gasteiger partial charge >= 0.3 is 0 Å². The van der Waals surface area contributed by atoms with Gasteiger partial charge in [-0.15, -0.1) is 0 Å². The number of likely N-dealkylation sites (N-methyl/N-ethyl adjacent to an activating group) is 1. The van der Waals surface area contributed by atoms with E-state index in [4.69, 9.17) is 0 Å². The van der Waals surface area contributed by atoms with E-state index in [9.17, 15) is 22.4 Å². The van der Waals surface area contributed by atoms with Crippen LogP contribution in [0.1, 0.15) is 0 Å². The third kappa shape index (κ3) is 7.04. The lowest BCUT2D eigenvalue weighted by molar-refractivity contribution is -0.114. The van der Waals surface area contributed by atoms with Crippen molar-refractivity contribution < 1.29 is 22.4 Å². The van der Waals surface area contributed by atoms with Crippen LogP contribution in [0.4, 0.5) is 21.5 Å². The second kappa shape index (κ2) is 9.88. The van der Waals surface area contributed by atoms with Crippen LogP contribution >= 0.6 is 0 Å². The molecule has 1 aliphatic rings. The highest BCUT2D eigenvalue weighted by molar-refractivity contribution is 7.92. The molecule has 0 spiro atoms. The van der Waals surface area contributed by atoms with E-state index in [1.807, 2.05) is 12.1 Å². The highest BCUT2D eigenvalue weighted by Crippen LogP contribution is 2.19. The lowest BCUT2D eigenvalue weighted by Gasteiger charge is -2.34. The number of anilines is 3. The molecule has 10 heteroatoms. The Balaban J connectivity index is 1.49. The molecule has 1 heterocycles.